The number of amides is 1. The van der Waals surface area contributed by atoms with E-state index in [2.05, 4.69) is 10.5 Å². The molecule has 1 amide bonds. The zero-order valence-electron chi connectivity index (χ0n) is 6.78. The Labute approximate surface area is 71.4 Å². The Bertz CT molecular complexity index is 247. The van der Waals surface area contributed by atoms with Crippen LogP contribution in [0.2, 0.25) is 0 Å². The minimum absolute atomic E-state index is 0.000787. The van der Waals surface area contributed by atoms with E-state index in [0.29, 0.717) is 0 Å². The molecule has 0 saturated carbocycles. The first kappa shape index (κ1) is 11.3. The molecular weight excluding hydrogens is 182 g/mol. The Morgan fingerprint density at radius 1 is 1.58 bits per heavy atom. The molecule has 0 heterocycles. The van der Waals surface area contributed by atoms with Crippen molar-refractivity contribution in [3.63, 3.8) is 0 Å². The summed E-state index contributed by atoms with van der Waals surface area (Å²) >= 11 is 0. The molecule has 72 valence electrons. The van der Waals surface area contributed by atoms with E-state index in [0.717, 1.165) is 0 Å². The van der Waals surface area contributed by atoms with Gasteiger partial charge in [-0.25, -0.2) is 13.6 Å². The summed E-state index contributed by atoms with van der Waals surface area (Å²) < 4.78 is 20.8. The summed E-state index contributed by atoms with van der Waals surface area (Å²) in [5, 5.41) is 7.00. The number of hydrogen-bond donors (Lipinski definition) is 3. The third-order valence-corrected chi connectivity index (χ3v) is 1.87. The average molecular weight is 195 g/mol. The van der Waals surface area contributed by atoms with Crippen LogP contribution in [0.15, 0.2) is 0 Å². The van der Waals surface area contributed by atoms with Crippen molar-refractivity contribution in [3.8, 4) is 0 Å². The summed E-state index contributed by atoms with van der Waals surface area (Å²) in [4.78, 5) is 10.8. The Morgan fingerprint density at radius 2 is 2.08 bits per heavy atom. The van der Waals surface area contributed by atoms with Crippen molar-refractivity contribution in [1.82, 2.24) is 5.32 Å². The molecule has 0 bridgehead atoms. The van der Waals surface area contributed by atoms with Gasteiger partial charge in [-0.2, -0.15) is 0 Å². The molecule has 0 aromatic heterocycles. The first-order chi connectivity index (χ1) is 5.33. The maximum Gasteiger partial charge on any atom is 0.236 e. The van der Waals surface area contributed by atoms with E-state index in [-0.39, 0.29) is 12.3 Å². The molecule has 12 heavy (non-hydrogen) atoms. The lowest BCUT2D eigenvalue weighted by Gasteiger charge is -2.05. The van der Waals surface area contributed by atoms with E-state index in [1.165, 1.54) is 6.92 Å². The molecule has 7 heteroatoms. The maximum atomic E-state index is 10.8. The van der Waals surface area contributed by atoms with E-state index >= 15 is 0 Å². The van der Waals surface area contributed by atoms with E-state index in [4.69, 9.17) is 5.73 Å². The molecule has 0 saturated heterocycles. The van der Waals surface area contributed by atoms with Crippen LogP contribution in [0.1, 0.15) is 6.92 Å². The van der Waals surface area contributed by atoms with Crippen LogP contribution in [-0.2, 0) is 14.8 Å². The zero-order valence-corrected chi connectivity index (χ0v) is 7.60. The monoisotopic (exact) mass is 195 g/mol. The van der Waals surface area contributed by atoms with Crippen molar-refractivity contribution in [2.75, 3.05) is 12.3 Å². The second kappa shape index (κ2) is 4.39. The summed E-state index contributed by atoms with van der Waals surface area (Å²) in [6.45, 7) is 1.51. The molecular formula is C5H13N3O3S. The van der Waals surface area contributed by atoms with Gasteiger partial charge in [0.05, 0.1) is 11.8 Å². The SMILES string of the molecule is CC(N)C(=O)NCCS(N)(=O)=O. The Balaban J connectivity index is 3.66. The fourth-order valence-corrected chi connectivity index (χ4v) is 0.864. The second-order valence-corrected chi connectivity index (χ2v) is 4.18. The van der Waals surface area contributed by atoms with Crippen LogP contribution >= 0.6 is 0 Å². The van der Waals surface area contributed by atoms with Crippen molar-refractivity contribution < 1.29 is 13.2 Å². The molecule has 1 atom stereocenters. The number of sulfonamides is 1. The number of carbonyl (C=O) groups is 1. The normalized spacial score (nSPS) is 13.9. The average Bonchev–Trinajstić information content (AvgIpc) is 1.84. The Hall–Kier alpha value is -0.660. The number of rotatable bonds is 4. The first-order valence-corrected chi connectivity index (χ1v) is 5.08. The van der Waals surface area contributed by atoms with Crippen molar-refractivity contribution in [2.45, 2.75) is 13.0 Å². The third kappa shape index (κ3) is 6.08. The van der Waals surface area contributed by atoms with Crippen LogP contribution < -0.4 is 16.2 Å². The summed E-state index contributed by atoms with van der Waals surface area (Å²) in [7, 11) is -3.50. The van der Waals surface area contributed by atoms with Crippen LogP contribution in [0.25, 0.3) is 0 Å². The predicted molar refractivity (Wildman–Crippen MR) is 44.6 cm³/mol. The molecule has 0 fully saturated rings. The number of primary sulfonamides is 1. The molecule has 0 aliphatic heterocycles. The highest BCUT2D eigenvalue weighted by molar-refractivity contribution is 7.89. The first-order valence-electron chi connectivity index (χ1n) is 3.36. The van der Waals surface area contributed by atoms with Gasteiger partial charge in [-0.1, -0.05) is 0 Å². The predicted octanol–water partition coefficient (Wildman–Crippen LogP) is -2.26. The van der Waals surface area contributed by atoms with Crippen molar-refractivity contribution in [2.24, 2.45) is 10.9 Å². The lowest BCUT2D eigenvalue weighted by Crippen LogP contribution is -2.40. The number of carbonyl (C=O) groups excluding carboxylic acids is 1. The fraction of sp³-hybridized carbons (Fsp3) is 0.800. The van der Waals surface area contributed by atoms with E-state index in [1.807, 2.05) is 0 Å². The lowest BCUT2D eigenvalue weighted by molar-refractivity contribution is -0.121. The van der Waals surface area contributed by atoms with Crippen LogP contribution in [0, 0.1) is 0 Å². The van der Waals surface area contributed by atoms with Gasteiger partial charge in [-0.3, -0.25) is 4.79 Å². The molecule has 0 rings (SSSR count). The van der Waals surface area contributed by atoms with Gasteiger partial charge in [0.1, 0.15) is 0 Å². The second-order valence-electron chi connectivity index (χ2n) is 2.45. The van der Waals surface area contributed by atoms with E-state index in [9.17, 15) is 13.2 Å². The van der Waals surface area contributed by atoms with Gasteiger partial charge in [0.2, 0.25) is 15.9 Å². The quantitative estimate of drug-likeness (QED) is 0.469. The Morgan fingerprint density at radius 3 is 2.42 bits per heavy atom. The lowest BCUT2D eigenvalue weighted by atomic mass is 10.3. The molecule has 0 radical (unpaired) electrons. The van der Waals surface area contributed by atoms with Gasteiger partial charge in [0.15, 0.2) is 0 Å². The van der Waals surface area contributed by atoms with Gasteiger partial charge >= 0.3 is 0 Å². The molecule has 1 unspecified atom stereocenters. The van der Waals surface area contributed by atoms with E-state index < -0.39 is 22.0 Å². The zero-order chi connectivity index (χ0) is 9.78. The van der Waals surface area contributed by atoms with Crippen LogP contribution in [0.4, 0.5) is 0 Å². The number of hydrogen-bond acceptors (Lipinski definition) is 4. The minimum Gasteiger partial charge on any atom is -0.354 e. The fourth-order valence-electron chi connectivity index (χ4n) is 0.477. The van der Waals surface area contributed by atoms with Crippen LogP contribution in [0.5, 0.6) is 0 Å². The summed E-state index contributed by atoms with van der Waals surface area (Å²) in [5.74, 6) is -0.662. The molecule has 0 aromatic rings. The molecule has 0 spiro atoms. The van der Waals surface area contributed by atoms with Gasteiger partial charge < -0.3 is 11.1 Å². The summed E-state index contributed by atoms with van der Waals surface area (Å²) in [6.07, 6.45) is 0. The number of nitrogens with two attached hydrogens (primary N) is 2. The summed E-state index contributed by atoms with van der Waals surface area (Å²) in [6, 6.07) is -0.634. The number of nitrogens with one attached hydrogen (secondary N) is 1. The Kier molecular flexibility index (Phi) is 4.15. The van der Waals surface area contributed by atoms with Crippen molar-refractivity contribution in [1.29, 1.82) is 0 Å². The van der Waals surface area contributed by atoms with Crippen LogP contribution in [-0.4, -0.2) is 32.7 Å². The highest BCUT2D eigenvalue weighted by Crippen LogP contribution is 1.77. The smallest absolute Gasteiger partial charge is 0.236 e. The minimum atomic E-state index is -3.50. The van der Waals surface area contributed by atoms with Crippen molar-refractivity contribution in [3.05, 3.63) is 0 Å². The maximum absolute atomic E-state index is 10.8. The van der Waals surface area contributed by atoms with Gasteiger partial charge in [0.25, 0.3) is 0 Å². The van der Waals surface area contributed by atoms with Gasteiger partial charge in [-0.05, 0) is 6.92 Å². The van der Waals surface area contributed by atoms with Crippen LogP contribution in [0.3, 0.4) is 0 Å². The van der Waals surface area contributed by atoms with Gasteiger partial charge in [0, 0.05) is 6.54 Å². The highest BCUT2D eigenvalue weighted by Gasteiger charge is 2.07. The van der Waals surface area contributed by atoms with E-state index in [1.54, 1.807) is 0 Å². The highest BCUT2D eigenvalue weighted by atomic mass is 32.2. The standard InChI is InChI=1S/C5H13N3O3S/c1-4(6)5(9)8-2-3-12(7,10)11/h4H,2-3,6H2,1H3,(H,8,9)(H2,7,10,11). The molecule has 0 aromatic carbocycles. The molecule has 0 aliphatic rings. The molecule has 0 aliphatic carbocycles. The summed E-state index contributed by atoms with van der Waals surface area (Å²) in [5.41, 5.74) is 5.19. The van der Waals surface area contributed by atoms with Crippen molar-refractivity contribution >= 4 is 15.9 Å². The van der Waals surface area contributed by atoms with Gasteiger partial charge in [-0.15, -0.1) is 0 Å². The third-order valence-electron chi connectivity index (χ3n) is 1.10. The largest absolute Gasteiger partial charge is 0.354 e. The molecule has 6 nitrogen and oxygen atoms in total. The topological polar surface area (TPSA) is 115 Å². The molecule has 5 N–H and O–H groups in total.